The number of carboxylic acid groups (broad SMARTS) is 1. The predicted octanol–water partition coefficient (Wildman–Crippen LogP) is 7.38. The first-order valence-electron chi connectivity index (χ1n) is 14.9. The van der Waals surface area contributed by atoms with Gasteiger partial charge in [-0.15, -0.1) is 0 Å². The van der Waals surface area contributed by atoms with Gasteiger partial charge in [0.25, 0.3) is 5.19 Å². The van der Waals surface area contributed by atoms with Crippen LogP contribution in [0.1, 0.15) is 56.9 Å². The van der Waals surface area contributed by atoms with E-state index in [1.807, 2.05) is 36.4 Å². The summed E-state index contributed by atoms with van der Waals surface area (Å²) < 4.78 is 7.29. The molecule has 1 aromatic heterocycles. The van der Waals surface area contributed by atoms with Crippen molar-refractivity contribution in [3.05, 3.63) is 70.2 Å². The molecule has 5 atom stereocenters. The van der Waals surface area contributed by atoms with Gasteiger partial charge in [0.05, 0.1) is 38.3 Å². The molecule has 3 aliphatic rings. The lowest BCUT2D eigenvalue weighted by molar-refractivity contribution is -0.147. The van der Waals surface area contributed by atoms with Crippen molar-refractivity contribution < 1.29 is 24.2 Å². The summed E-state index contributed by atoms with van der Waals surface area (Å²) in [5.74, 6) is -1.80. The van der Waals surface area contributed by atoms with Gasteiger partial charge in [-0.05, 0) is 67.9 Å². The van der Waals surface area contributed by atoms with Crippen LogP contribution in [0.25, 0.3) is 10.2 Å². The number of fused-ring (bicyclic) bond motifs is 3. The Kier molecular flexibility index (Phi) is 8.81. The summed E-state index contributed by atoms with van der Waals surface area (Å²) in [6.45, 7) is 0.243. The molecule has 7 nitrogen and oxygen atoms in total. The highest BCUT2D eigenvalue weighted by molar-refractivity contribution is 7.20. The number of ketones is 1. The molecular formula is C33H34Cl2N2O5S. The van der Waals surface area contributed by atoms with Crippen LogP contribution in [-0.4, -0.2) is 51.3 Å². The van der Waals surface area contributed by atoms with Crippen molar-refractivity contribution >= 4 is 62.4 Å². The Morgan fingerprint density at radius 1 is 1.12 bits per heavy atom. The number of allylic oxidation sites excluding steroid dienone is 2. The first-order valence-corrected chi connectivity index (χ1v) is 16.5. The molecule has 226 valence electrons. The molecule has 1 saturated heterocycles. The summed E-state index contributed by atoms with van der Waals surface area (Å²) in [5.41, 5.74) is 0.637. The Hall–Kier alpha value is -2.94. The highest BCUT2D eigenvalue weighted by Crippen LogP contribution is 2.57. The zero-order chi connectivity index (χ0) is 30.1. The Balaban J connectivity index is 1.29. The fourth-order valence-corrected chi connectivity index (χ4v) is 7.81. The van der Waals surface area contributed by atoms with E-state index in [2.05, 4.69) is 11.1 Å². The highest BCUT2D eigenvalue weighted by Gasteiger charge is 2.61. The Labute approximate surface area is 264 Å². The number of nitrogens with zero attached hydrogens (tertiary/aromatic N) is 2. The summed E-state index contributed by atoms with van der Waals surface area (Å²) in [5, 5.41) is 11.5. The number of para-hydroxylation sites is 1. The number of ether oxygens (including phenoxy) is 1. The predicted molar refractivity (Wildman–Crippen MR) is 168 cm³/mol. The minimum Gasteiger partial charge on any atom is -0.481 e. The van der Waals surface area contributed by atoms with Crippen LogP contribution in [0.15, 0.2) is 54.6 Å². The second-order valence-electron chi connectivity index (χ2n) is 12.1. The maximum Gasteiger partial charge on any atom is 0.310 e. The number of amides is 1. The van der Waals surface area contributed by atoms with E-state index in [1.165, 1.54) is 11.3 Å². The normalized spacial score (nSPS) is 28.9. The van der Waals surface area contributed by atoms with Crippen LogP contribution in [0.4, 0.5) is 0 Å². The van der Waals surface area contributed by atoms with Crippen LogP contribution in [0.5, 0.6) is 5.19 Å². The van der Waals surface area contributed by atoms with Crippen LogP contribution in [-0.2, 0) is 20.8 Å². The van der Waals surface area contributed by atoms with Gasteiger partial charge in [0.15, 0.2) is 5.78 Å². The number of Topliss-reactive ketones (excluding diaryl/α,β-unsaturated/α-hetero) is 1. The van der Waals surface area contributed by atoms with Crippen LogP contribution in [0, 0.1) is 17.3 Å². The number of halogens is 2. The summed E-state index contributed by atoms with van der Waals surface area (Å²) in [6.07, 6.45) is 9.02. The maximum absolute atomic E-state index is 14.3. The Morgan fingerprint density at radius 3 is 2.74 bits per heavy atom. The van der Waals surface area contributed by atoms with E-state index in [0.717, 1.165) is 41.5 Å². The second-order valence-corrected chi connectivity index (χ2v) is 13.9. The first kappa shape index (κ1) is 30.1. The zero-order valence-corrected chi connectivity index (χ0v) is 26.0. The molecule has 43 heavy (non-hydrogen) atoms. The van der Waals surface area contributed by atoms with Crippen molar-refractivity contribution in [3.63, 3.8) is 0 Å². The van der Waals surface area contributed by atoms with Crippen LogP contribution >= 0.6 is 34.5 Å². The molecule has 0 spiro atoms. The second kappa shape index (κ2) is 12.6. The number of carboxylic acids is 1. The fourth-order valence-electron chi connectivity index (χ4n) is 6.60. The van der Waals surface area contributed by atoms with E-state index in [1.54, 1.807) is 17.0 Å². The number of carbonyl (C=O) groups is 3. The smallest absolute Gasteiger partial charge is 0.310 e. The van der Waals surface area contributed by atoms with Gasteiger partial charge in [0.1, 0.15) is 6.10 Å². The molecular weight excluding hydrogens is 607 g/mol. The van der Waals surface area contributed by atoms with E-state index in [4.69, 9.17) is 27.9 Å². The van der Waals surface area contributed by atoms with Crippen LogP contribution in [0.3, 0.4) is 0 Å². The number of hydrogen-bond acceptors (Lipinski definition) is 6. The van der Waals surface area contributed by atoms with Gasteiger partial charge in [0, 0.05) is 18.8 Å². The van der Waals surface area contributed by atoms with Gasteiger partial charge >= 0.3 is 5.97 Å². The average Bonchev–Trinajstić information content (AvgIpc) is 3.30. The molecule has 0 unspecified atom stereocenters. The van der Waals surface area contributed by atoms with Crippen molar-refractivity contribution in [2.75, 3.05) is 6.54 Å². The molecule has 1 N–H and O–H groups in total. The lowest BCUT2D eigenvalue weighted by atomic mass is 9.90. The van der Waals surface area contributed by atoms with Gasteiger partial charge in [-0.1, -0.05) is 77.7 Å². The standard InChI is InChI=1S/C33H34Cl2N2O5S/c34-24-13-12-20(15-25(24)35)14-21-8-4-2-1-3-5-9-22-17-33(22,31(40)41)18-28(38)27-16-23(19-37(27)30(21)39)42-32-36-26-10-6-7-11-29(26)43-32/h5-7,9-13,15,21-23,27H,1-4,8,14,16-19H2,(H,40,41)/b9-5-/t21-,22-,23-,27+,33-/m1/s1. The van der Waals surface area contributed by atoms with E-state index >= 15 is 0 Å². The van der Waals surface area contributed by atoms with Crippen molar-refractivity contribution in [1.29, 1.82) is 0 Å². The molecule has 3 aromatic rings. The van der Waals surface area contributed by atoms with E-state index < -0.39 is 23.5 Å². The third-order valence-corrected chi connectivity index (χ3v) is 10.8. The van der Waals surface area contributed by atoms with Crippen molar-refractivity contribution in [2.24, 2.45) is 17.3 Å². The molecule has 1 saturated carbocycles. The summed E-state index contributed by atoms with van der Waals surface area (Å²) in [6, 6.07) is 12.4. The topological polar surface area (TPSA) is 96.8 Å². The number of carbonyl (C=O) groups excluding carboxylic acids is 2. The van der Waals surface area contributed by atoms with Gasteiger partial charge in [-0.2, -0.15) is 0 Å². The molecule has 0 radical (unpaired) electrons. The number of benzene rings is 2. The van der Waals surface area contributed by atoms with Gasteiger partial charge < -0.3 is 14.7 Å². The lowest BCUT2D eigenvalue weighted by Crippen LogP contribution is -2.45. The fraction of sp³-hybridized carbons (Fsp3) is 0.455. The summed E-state index contributed by atoms with van der Waals surface area (Å²) in [7, 11) is 0. The minimum atomic E-state index is -1.10. The molecule has 2 aliphatic heterocycles. The molecule has 2 fully saturated rings. The quantitative estimate of drug-likeness (QED) is 0.292. The number of thiazole rings is 1. The van der Waals surface area contributed by atoms with Crippen molar-refractivity contribution in [1.82, 2.24) is 9.88 Å². The molecule has 3 heterocycles. The summed E-state index contributed by atoms with van der Waals surface area (Å²) >= 11 is 13.9. The first-order chi connectivity index (χ1) is 20.7. The number of aromatic nitrogens is 1. The van der Waals surface area contributed by atoms with Crippen molar-refractivity contribution in [2.45, 2.75) is 69.9 Å². The Morgan fingerprint density at radius 2 is 1.95 bits per heavy atom. The number of rotatable bonds is 5. The van der Waals surface area contributed by atoms with Gasteiger partial charge in [-0.3, -0.25) is 14.4 Å². The van der Waals surface area contributed by atoms with Gasteiger partial charge in [-0.25, -0.2) is 4.98 Å². The molecule has 2 aromatic carbocycles. The molecule has 1 aliphatic carbocycles. The highest BCUT2D eigenvalue weighted by atomic mass is 35.5. The molecule has 1 amide bonds. The third-order valence-electron chi connectivity index (χ3n) is 9.12. The third kappa shape index (κ3) is 6.47. The molecule has 0 bridgehead atoms. The maximum atomic E-state index is 14.3. The largest absolute Gasteiger partial charge is 0.481 e. The van der Waals surface area contributed by atoms with Gasteiger partial charge in [0.2, 0.25) is 5.91 Å². The zero-order valence-electron chi connectivity index (χ0n) is 23.7. The monoisotopic (exact) mass is 640 g/mol. The average molecular weight is 642 g/mol. The van der Waals surface area contributed by atoms with E-state index in [0.29, 0.717) is 40.9 Å². The molecule has 6 rings (SSSR count). The summed E-state index contributed by atoms with van der Waals surface area (Å²) in [4.78, 5) is 46.9. The SMILES string of the molecule is O=C1C[C@]2(C(=O)O)C[C@H]2/C=C\CCCCC[C@H](Cc2ccc(Cl)c(Cl)c2)C(=O)N2C[C@H](Oc3nc4ccccc4s3)C[C@@H]12. The lowest BCUT2D eigenvalue weighted by Gasteiger charge is -2.29. The van der Waals surface area contributed by atoms with E-state index in [-0.39, 0.29) is 36.5 Å². The molecule has 10 heteroatoms. The minimum absolute atomic E-state index is 0.100. The Bertz CT molecular complexity index is 1540. The van der Waals surface area contributed by atoms with Crippen LogP contribution < -0.4 is 4.74 Å². The van der Waals surface area contributed by atoms with Crippen LogP contribution in [0.2, 0.25) is 10.0 Å². The van der Waals surface area contributed by atoms with E-state index in [9.17, 15) is 19.5 Å². The number of aliphatic carboxylic acids is 1. The van der Waals surface area contributed by atoms with Crippen molar-refractivity contribution in [3.8, 4) is 5.19 Å². The number of hydrogen-bond donors (Lipinski definition) is 1.